The average molecular weight is 199 g/mol. The van der Waals surface area contributed by atoms with Crippen molar-refractivity contribution in [2.45, 2.75) is 0 Å². The van der Waals surface area contributed by atoms with E-state index in [0.717, 1.165) is 5.82 Å². The molecule has 0 aliphatic carbocycles. The Balaban J connectivity index is 2.81. The number of anilines is 1. The molecular formula is C8H10NO3P. The topological polar surface area (TPSA) is 83.6 Å². The van der Waals surface area contributed by atoms with Crippen LogP contribution in [0.3, 0.4) is 0 Å². The van der Waals surface area contributed by atoms with Crippen LogP contribution in [-0.4, -0.2) is 9.79 Å². The highest BCUT2D eigenvalue weighted by atomic mass is 31.2. The molecule has 4 nitrogen and oxygen atoms in total. The molecule has 0 amide bonds. The van der Waals surface area contributed by atoms with Gasteiger partial charge in [0.05, 0.1) is 0 Å². The fourth-order valence-electron chi connectivity index (χ4n) is 0.790. The molecule has 5 heteroatoms. The van der Waals surface area contributed by atoms with E-state index < -0.39 is 7.60 Å². The van der Waals surface area contributed by atoms with Crippen LogP contribution in [0.4, 0.5) is 5.69 Å². The van der Waals surface area contributed by atoms with E-state index in [2.05, 4.69) is 0 Å². The van der Waals surface area contributed by atoms with Crippen molar-refractivity contribution in [3.63, 3.8) is 0 Å². The van der Waals surface area contributed by atoms with E-state index >= 15 is 0 Å². The Bertz CT molecular complexity index is 352. The van der Waals surface area contributed by atoms with Gasteiger partial charge in [-0.15, -0.1) is 0 Å². The molecule has 4 N–H and O–H groups in total. The van der Waals surface area contributed by atoms with Crippen LogP contribution in [0.25, 0.3) is 6.08 Å². The molecule has 0 atom stereocenters. The lowest BCUT2D eigenvalue weighted by atomic mass is 10.2. The Labute approximate surface area is 75.9 Å². The summed E-state index contributed by atoms with van der Waals surface area (Å²) in [4.78, 5) is 17.1. The summed E-state index contributed by atoms with van der Waals surface area (Å²) in [6.07, 6.45) is 1.36. The first-order valence-electron chi connectivity index (χ1n) is 3.57. The molecular weight excluding hydrogens is 189 g/mol. The van der Waals surface area contributed by atoms with Crippen LogP contribution in [0, 0.1) is 0 Å². The van der Waals surface area contributed by atoms with Crippen molar-refractivity contribution in [1.82, 2.24) is 0 Å². The van der Waals surface area contributed by atoms with Crippen LogP contribution >= 0.6 is 7.60 Å². The zero-order valence-electron chi connectivity index (χ0n) is 6.79. The molecule has 13 heavy (non-hydrogen) atoms. The molecule has 70 valence electrons. The largest absolute Gasteiger partial charge is 0.399 e. The maximum absolute atomic E-state index is 10.5. The van der Waals surface area contributed by atoms with E-state index in [9.17, 15) is 4.57 Å². The first-order valence-corrected chi connectivity index (χ1v) is 5.25. The van der Waals surface area contributed by atoms with Crippen LogP contribution in [0.1, 0.15) is 5.56 Å². The van der Waals surface area contributed by atoms with E-state index in [4.69, 9.17) is 15.5 Å². The molecule has 0 radical (unpaired) electrons. The second-order valence-corrected chi connectivity index (χ2v) is 4.05. The Morgan fingerprint density at radius 1 is 1.23 bits per heavy atom. The zero-order valence-corrected chi connectivity index (χ0v) is 7.69. The standard InChI is InChI=1S/C8H10NO3P/c9-8-3-1-7(2-4-8)5-6-13(10,11)12/h1-6H,9H2,(H2,10,11,12)/b6-5+. The predicted octanol–water partition coefficient (Wildman–Crippen LogP) is 1.42. The minimum Gasteiger partial charge on any atom is -0.399 e. The first kappa shape index (κ1) is 9.99. The molecule has 0 aromatic heterocycles. The van der Waals surface area contributed by atoms with Gasteiger partial charge in [0.1, 0.15) is 0 Å². The van der Waals surface area contributed by atoms with Crippen LogP contribution < -0.4 is 5.73 Å². The quantitative estimate of drug-likeness (QED) is 0.496. The predicted molar refractivity (Wildman–Crippen MR) is 51.9 cm³/mol. The summed E-state index contributed by atoms with van der Waals surface area (Å²) >= 11 is 0. The molecule has 1 aromatic carbocycles. The maximum Gasteiger partial charge on any atom is 0.349 e. The van der Waals surface area contributed by atoms with Crippen LogP contribution in [0.5, 0.6) is 0 Å². The van der Waals surface area contributed by atoms with Crippen LogP contribution in [-0.2, 0) is 4.57 Å². The zero-order chi connectivity index (χ0) is 9.90. The van der Waals surface area contributed by atoms with Crippen molar-refractivity contribution in [3.8, 4) is 0 Å². The van der Waals surface area contributed by atoms with Crippen molar-refractivity contribution < 1.29 is 14.4 Å². The molecule has 0 heterocycles. The Morgan fingerprint density at radius 3 is 2.23 bits per heavy atom. The van der Waals surface area contributed by atoms with E-state index in [1.54, 1.807) is 24.3 Å². The average Bonchev–Trinajstić information content (AvgIpc) is 2.02. The number of nitrogens with two attached hydrogens (primary N) is 1. The highest BCUT2D eigenvalue weighted by Crippen LogP contribution is 2.36. The second-order valence-electron chi connectivity index (χ2n) is 2.57. The summed E-state index contributed by atoms with van der Waals surface area (Å²) in [5.74, 6) is 0.860. The van der Waals surface area contributed by atoms with Gasteiger partial charge < -0.3 is 15.5 Å². The van der Waals surface area contributed by atoms with E-state index in [1.807, 2.05) is 0 Å². The Kier molecular flexibility index (Phi) is 2.88. The van der Waals surface area contributed by atoms with Gasteiger partial charge in [-0.3, -0.25) is 4.57 Å². The highest BCUT2D eigenvalue weighted by Gasteiger charge is 2.04. The first-order chi connectivity index (χ1) is 5.97. The fourth-order valence-corrected chi connectivity index (χ4v) is 1.16. The van der Waals surface area contributed by atoms with Crippen LogP contribution in [0.15, 0.2) is 30.1 Å². The van der Waals surface area contributed by atoms with Crippen molar-refractivity contribution in [1.29, 1.82) is 0 Å². The molecule has 0 saturated carbocycles. The summed E-state index contributed by atoms with van der Waals surface area (Å²) in [6.45, 7) is 0. The van der Waals surface area contributed by atoms with Crippen LogP contribution in [0.2, 0.25) is 0 Å². The molecule has 0 unspecified atom stereocenters. The van der Waals surface area contributed by atoms with Crippen molar-refractivity contribution in [2.75, 3.05) is 5.73 Å². The molecule has 0 spiro atoms. The van der Waals surface area contributed by atoms with Gasteiger partial charge in [-0.25, -0.2) is 0 Å². The van der Waals surface area contributed by atoms with E-state index in [1.165, 1.54) is 6.08 Å². The van der Waals surface area contributed by atoms with Gasteiger partial charge in [-0.05, 0) is 23.8 Å². The lowest BCUT2D eigenvalue weighted by molar-refractivity contribution is 0.386. The third-order valence-corrected chi connectivity index (χ3v) is 1.94. The van der Waals surface area contributed by atoms with Gasteiger partial charge in [-0.1, -0.05) is 12.1 Å². The minimum atomic E-state index is -4.05. The molecule has 0 aliphatic heterocycles. The van der Waals surface area contributed by atoms with E-state index in [-0.39, 0.29) is 0 Å². The third-order valence-electron chi connectivity index (χ3n) is 1.40. The van der Waals surface area contributed by atoms with Gasteiger partial charge in [0.2, 0.25) is 0 Å². The second kappa shape index (κ2) is 3.75. The lowest BCUT2D eigenvalue weighted by Gasteiger charge is -1.96. The summed E-state index contributed by atoms with van der Waals surface area (Å²) in [7, 11) is -4.05. The lowest BCUT2D eigenvalue weighted by Crippen LogP contribution is -1.82. The summed E-state index contributed by atoms with van der Waals surface area (Å²) < 4.78 is 10.5. The van der Waals surface area contributed by atoms with Gasteiger partial charge in [0.25, 0.3) is 0 Å². The van der Waals surface area contributed by atoms with Gasteiger partial charge >= 0.3 is 7.60 Å². The number of benzene rings is 1. The van der Waals surface area contributed by atoms with E-state index in [0.29, 0.717) is 11.3 Å². The minimum absolute atomic E-state index is 0.619. The number of rotatable bonds is 2. The maximum atomic E-state index is 10.5. The van der Waals surface area contributed by atoms with Gasteiger partial charge in [-0.2, -0.15) is 0 Å². The Morgan fingerprint density at radius 2 is 1.77 bits per heavy atom. The smallest absolute Gasteiger partial charge is 0.349 e. The normalized spacial score (nSPS) is 12.2. The summed E-state index contributed by atoms with van der Waals surface area (Å²) in [5.41, 5.74) is 6.76. The molecule has 0 saturated heterocycles. The summed E-state index contributed by atoms with van der Waals surface area (Å²) in [6, 6.07) is 6.70. The molecule has 1 rings (SSSR count). The molecule has 0 aliphatic rings. The number of nitrogen functional groups attached to an aromatic ring is 1. The van der Waals surface area contributed by atoms with Crippen molar-refractivity contribution in [3.05, 3.63) is 35.6 Å². The summed E-state index contributed by atoms with van der Waals surface area (Å²) in [5, 5.41) is 0. The SMILES string of the molecule is Nc1ccc(/C=C/P(=O)(O)O)cc1. The van der Waals surface area contributed by atoms with Gasteiger partial charge in [0, 0.05) is 11.5 Å². The number of hydrogen-bond donors (Lipinski definition) is 3. The molecule has 0 fully saturated rings. The monoisotopic (exact) mass is 199 g/mol. The van der Waals surface area contributed by atoms with Crippen molar-refractivity contribution >= 4 is 19.4 Å². The fraction of sp³-hybridized carbons (Fsp3) is 0. The molecule has 1 aromatic rings. The van der Waals surface area contributed by atoms with Crippen molar-refractivity contribution in [2.24, 2.45) is 0 Å². The Hall–Kier alpha value is -1.09. The number of hydrogen-bond acceptors (Lipinski definition) is 2. The van der Waals surface area contributed by atoms with Gasteiger partial charge in [0.15, 0.2) is 0 Å². The third kappa shape index (κ3) is 3.90. The molecule has 0 bridgehead atoms. The highest BCUT2D eigenvalue weighted by molar-refractivity contribution is 7.55.